The van der Waals surface area contributed by atoms with Crippen LogP contribution in [-0.2, 0) is 4.74 Å². The van der Waals surface area contributed by atoms with E-state index in [1.165, 1.54) is 10.5 Å². The van der Waals surface area contributed by atoms with Crippen LogP contribution in [0.1, 0.15) is 18.5 Å². The van der Waals surface area contributed by atoms with Gasteiger partial charge in [-0.25, -0.2) is 10.2 Å². The molecule has 0 saturated carbocycles. The Kier molecular flexibility index (Phi) is 5.09. The van der Waals surface area contributed by atoms with Gasteiger partial charge in [-0.1, -0.05) is 30.3 Å². The highest BCUT2D eigenvalue weighted by Gasteiger charge is 2.28. The predicted octanol–water partition coefficient (Wildman–Crippen LogP) is -0.313. The number of carbonyl (C=O) groups excluding carboxylic acids is 1. The van der Waals surface area contributed by atoms with E-state index in [1.54, 1.807) is 0 Å². The zero-order chi connectivity index (χ0) is 14.4. The Balaban J connectivity index is 2.23. The van der Waals surface area contributed by atoms with Crippen LogP contribution in [0.5, 0.6) is 0 Å². The van der Waals surface area contributed by atoms with Crippen LogP contribution in [0, 0.1) is 0 Å². The number of carbonyl (C=O) groups is 1. The van der Waals surface area contributed by atoms with Crippen molar-refractivity contribution in [2.24, 2.45) is 10.8 Å². The Hall–Kier alpha value is -1.92. The number of hydrogen-bond donors (Lipinski definition) is 3. The number of primary amides is 1. The Morgan fingerprint density at radius 1 is 1.35 bits per heavy atom. The molecule has 0 aliphatic carbocycles. The average Bonchev–Trinajstić information content (AvgIpc) is 2.48. The third kappa shape index (κ3) is 3.79. The second-order valence-electron chi connectivity index (χ2n) is 4.84. The second kappa shape index (κ2) is 7.02. The number of hydrogen-bond acceptors (Lipinski definition) is 3. The number of nitrogens with two attached hydrogens (primary N) is 1. The first kappa shape index (κ1) is 14.5. The fourth-order valence-electron chi connectivity index (χ4n) is 2.55. The van der Waals surface area contributed by atoms with Gasteiger partial charge in [0.2, 0.25) is 0 Å². The van der Waals surface area contributed by atoms with E-state index < -0.39 is 6.03 Å². The largest absolute Gasteiger partial charge is 0.370 e. The zero-order valence-electron chi connectivity index (χ0n) is 11.6. The van der Waals surface area contributed by atoms with E-state index in [4.69, 9.17) is 10.5 Å². The van der Waals surface area contributed by atoms with Gasteiger partial charge in [-0.2, -0.15) is 5.10 Å². The van der Waals surface area contributed by atoms with Crippen LogP contribution >= 0.6 is 0 Å². The summed E-state index contributed by atoms with van der Waals surface area (Å²) >= 11 is 0. The van der Waals surface area contributed by atoms with Crippen LogP contribution in [0.3, 0.4) is 0 Å². The first-order chi connectivity index (χ1) is 9.68. The van der Waals surface area contributed by atoms with Gasteiger partial charge in [-0.05, 0) is 6.92 Å². The van der Waals surface area contributed by atoms with Gasteiger partial charge < -0.3 is 15.4 Å². The molecule has 1 heterocycles. The fourth-order valence-corrected chi connectivity index (χ4v) is 2.55. The molecule has 1 aromatic carbocycles. The van der Waals surface area contributed by atoms with Crippen molar-refractivity contribution >= 4 is 11.7 Å². The summed E-state index contributed by atoms with van der Waals surface area (Å²) in [6.45, 7) is 5.24. The lowest BCUT2D eigenvalue weighted by Gasteiger charge is -2.31. The van der Waals surface area contributed by atoms with Gasteiger partial charge in [0.15, 0.2) is 6.04 Å². The minimum atomic E-state index is -0.645. The van der Waals surface area contributed by atoms with Gasteiger partial charge in [0.05, 0.1) is 18.9 Å². The van der Waals surface area contributed by atoms with E-state index in [9.17, 15) is 4.79 Å². The van der Waals surface area contributed by atoms with E-state index in [1.807, 2.05) is 25.1 Å². The lowest BCUT2D eigenvalue weighted by molar-refractivity contribution is -0.928. The number of quaternary nitrogens is 1. The quantitative estimate of drug-likeness (QED) is 0.521. The molecule has 1 aromatic rings. The highest BCUT2D eigenvalue weighted by Crippen LogP contribution is 2.11. The first-order valence-electron chi connectivity index (χ1n) is 6.75. The van der Waals surface area contributed by atoms with E-state index in [0.29, 0.717) is 0 Å². The van der Waals surface area contributed by atoms with E-state index in [2.05, 4.69) is 22.7 Å². The fraction of sp³-hybridized carbons (Fsp3) is 0.429. The van der Waals surface area contributed by atoms with Crippen molar-refractivity contribution in [1.29, 1.82) is 0 Å². The monoisotopic (exact) mass is 277 g/mol. The Bertz CT molecular complexity index is 469. The first-order valence-corrected chi connectivity index (χ1v) is 6.75. The van der Waals surface area contributed by atoms with E-state index in [0.717, 1.165) is 32.0 Å². The molecule has 4 N–H and O–H groups in total. The van der Waals surface area contributed by atoms with Crippen molar-refractivity contribution in [1.82, 2.24) is 5.43 Å². The Labute approximate surface area is 118 Å². The van der Waals surface area contributed by atoms with Gasteiger partial charge in [-0.3, -0.25) is 0 Å². The molecule has 1 aliphatic rings. The van der Waals surface area contributed by atoms with Gasteiger partial charge in [-0.15, -0.1) is 0 Å². The van der Waals surface area contributed by atoms with Crippen molar-refractivity contribution in [2.75, 3.05) is 26.3 Å². The Morgan fingerprint density at radius 2 is 2.00 bits per heavy atom. The molecule has 20 heavy (non-hydrogen) atoms. The summed E-state index contributed by atoms with van der Waals surface area (Å²) in [5, 5.41) is 4.11. The second-order valence-corrected chi connectivity index (χ2v) is 4.84. The number of morpholine rings is 1. The van der Waals surface area contributed by atoms with Gasteiger partial charge in [0.25, 0.3) is 0 Å². The molecule has 0 aromatic heterocycles. The molecule has 1 fully saturated rings. The predicted molar refractivity (Wildman–Crippen MR) is 76.5 cm³/mol. The number of rotatable bonds is 4. The third-order valence-corrected chi connectivity index (χ3v) is 3.44. The molecule has 1 atom stereocenters. The average molecular weight is 277 g/mol. The SMILES string of the molecule is C/C(=N/NC(N)=O)[C@@H](c1ccccc1)[NH+]1CCOCC1. The standard InChI is InChI=1S/C14H20N4O2/c1-11(16-17-14(15)19)13(12-5-3-2-4-6-12)18-7-9-20-10-8-18/h2-6,13H,7-10H2,1H3,(H3,15,17,19)/p+1/b16-11-/t13-/m0/s1. The number of hydrazone groups is 1. The van der Waals surface area contributed by atoms with Crippen LogP contribution in [0.2, 0.25) is 0 Å². The van der Waals surface area contributed by atoms with Crippen LogP contribution in [0.25, 0.3) is 0 Å². The molecule has 2 rings (SSSR count). The number of ether oxygens (including phenoxy) is 1. The molecule has 2 amide bonds. The zero-order valence-corrected chi connectivity index (χ0v) is 11.6. The molecular formula is C14H21N4O2+. The summed E-state index contributed by atoms with van der Waals surface area (Å²) in [6, 6.07) is 9.63. The highest BCUT2D eigenvalue weighted by atomic mass is 16.5. The lowest BCUT2D eigenvalue weighted by Crippen LogP contribution is -3.15. The van der Waals surface area contributed by atoms with Crippen molar-refractivity contribution < 1.29 is 14.4 Å². The smallest absolute Gasteiger partial charge is 0.332 e. The summed E-state index contributed by atoms with van der Waals surface area (Å²) < 4.78 is 5.41. The molecule has 1 saturated heterocycles. The molecule has 0 radical (unpaired) electrons. The van der Waals surface area contributed by atoms with E-state index >= 15 is 0 Å². The van der Waals surface area contributed by atoms with Gasteiger partial charge >= 0.3 is 6.03 Å². The Morgan fingerprint density at radius 3 is 2.60 bits per heavy atom. The lowest BCUT2D eigenvalue weighted by atomic mass is 10.0. The van der Waals surface area contributed by atoms with E-state index in [-0.39, 0.29) is 6.04 Å². The molecule has 0 bridgehead atoms. The normalized spacial score (nSPS) is 18.6. The maximum Gasteiger partial charge on any atom is 0.332 e. The molecule has 6 nitrogen and oxygen atoms in total. The van der Waals surface area contributed by atoms with Gasteiger partial charge in [0, 0.05) is 5.56 Å². The summed E-state index contributed by atoms with van der Waals surface area (Å²) in [4.78, 5) is 12.2. The number of nitrogens with one attached hydrogen (secondary N) is 2. The molecule has 1 aliphatic heterocycles. The minimum Gasteiger partial charge on any atom is -0.370 e. The summed E-state index contributed by atoms with van der Waals surface area (Å²) in [5.41, 5.74) is 9.41. The van der Waals surface area contributed by atoms with Crippen molar-refractivity contribution in [3.63, 3.8) is 0 Å². The molecule has 0 spiro atoms. The van der Waals surface area contributed by atoms with Crippen molar-refractivity contribution in [2.45, 2.75) is 13.0 Å². The maximum atomic E-state index is 10.8. The third-order valence-electron chi connectivity index (χ3n) is 3.44. The van der Waals surface area contributed by atoms with Crippen molar-refractivity contribution in [3.8, 4) is 0 Å². The number of nitrogens with zero attached hydrogens (tertiary/aromatic N) is 1. The number of amides is 2. The molecule has 0 unspecified atom stereocenters. The summed E-state index contributed by atoms with van der Waals surface area (Å²) in [7, 11) is 0. The number of benzene rings is 1. The van der Waals surface area contributed by atoms with Crippen LogP contribution in [0.4, 0.5) is 4.79 Å². The maximum absolute atomic E-state index is 10.8. The summed E-state index contributed by atoms with van der Waals surface area (Å²) in [6.07, 6.45) is 0. The van der Waals surface area contributed by atoms with Crippen LogP contribution in [0.15, 0.2) is 35.4 Å². The molecule has 6 heteroatoms. The molecule has 108 valence electrons. The van der Waals surface area contributed by atoms with Crippen molar-refractivity contribution in [3.05, 3.63) is 35.9 Å². The molecular weight excluding hydrogens is 256 g/mol. The number of urea groups is 1. The summed E-state index contributed by atoms with van der Waals surface area (Å²) in [5.74, 6) is 0. The minimum absolute atomic E-state index is 0.104. The van der Waals surface area contributed by atoms with Gasteiger partial charge in [0.1, 0.15) is 13.1 Å². The van der Waals surface area contributed by atoms with Crippen LogP contribution in [-0.4, -0.2) is 38.0 Å². The van der Waals surface area contributed by atoms with Crippen LogP contribution < -0.4 is 16.1 Å². The topological polar surface area (TPSA) is 81.1 Å². The highest BCUT2D eigenvalue weighted by molar-refractivity contribution is 5.88.